The fourth-order valence-corrected chi connectivity index (χ4v) is 4.94. The molecule has 1 saturated heterocycles. The second kappa shape index (κ2) is 8.43. The Kier molecular flexibility index (Phi) is 5.56. The highest BCUT2D eigenvalue weighted by Gasteiger charge is 2.64. The fraction of sp³-hybridized carbons (Fsp3) is 0.360. The molecule has 2 heterocycles. The van der Waals surface area contributed by atoms with Crippen molar-refractivity contribution < 1.29 is 23.9 Å². The number of benzene rings is 2. The smallest absolute Gasteiger partial charge is 0.354 e. The lowest BCUT2D eigenvalue weighted by atomic mass is 9.96. The summed E-state index contributed by atoms with van der Waals surface area (Å²) in [6.45, 7) is -0.162. The first-order valence-electron chi connectivity index (χ1n) is 11.2. The van der Waals surface area contributed by atoms with Gasteiger partial charge in [0.2, 0.25) is 11.6 Å². The van der Waals surface area contributed by atoms with Crippen molar-refractivity contribution in [2.75, 3.05) is 18.6 Å². The molecule has 0 spiro atoms. The zero-order valence-electron chi connectivity index (χ0n) is 18.7. The van der Waals surface area contributed by atoms with Gasteiger partial charge in [-0.05, 0) is 42.7 Å². The van der Waals surface area contributed by atoms with Crippen LogP contribution in [0.4, 0.5) is 5.69 Å². The van der Waals surface area contributed by atoms with E-state index in [0.717, 1.165) is 18.4 Å². The van der Waals surface area contributed by atoms with Crippen molar-refractivity contribution in [1.82, 2.24) is 9.80 Å². The SMILES string of the molecule is CN(Cc1ccc(Cl)cc1)C(=O)COC(=O)[C@@]12CCC(=O)N1c1ccccc1C(=O)N2C1CC1. The molecule has 9 heteroatoms. The number of anilines is 1. The minimum absolute atomic E-state index is 0.115. The van der Waals surface area contributed by atoms with Crippen LogP contribution in [0.25, 0.3) is 0 Å². The Morgan fingerprint density at radius 3 is 2.53 bits per heavy atom. The van der Waals surface area contributed by atoms with Gasteiger partial charge >= 0.3 is 5.97 Å². The molecule has 176 valence electrons. The van der Waals surface area contributed by atoms with Crippen LogP contribution in [0.5, 0.6) is 0 Å². The van der Waals surface area contributed by atoms with Gasteiger partial charge < -0.3 is 14.5 Å². The van der Waals surface area contributed by atoms with E-state index in [-0.39, 0.29) is 30.7 Å². The maximum Gasteiger partial charge on any atom is 0.354 e. The van der Waals surface area contributed by atoms with Crippen LogP contribution in [-0.4, -0.2) is 58.8 Å². The molecule has 0 unspecified atom stereocenters. The van der Waals surface area contributed by atoms with Crippen LogP contribution in [0.1, 0.15) is 41.6 Å². The van der Waals surface area contributed by atoms with Crippen LogP contribution in [0.15, 0.2) is 48.5 Å². The summed E-state index contributed by atoms with van der Waals surface area (Å²) in [5, 5.41) is 0.602. The molecule has 0 bridgehead atoms. The quantitative estimate of drug-likeness (QED) is 0.592. The number of nitrogens with zero attached hydrogens (tertiary/aromatic N) is 3. The van der Waals surface area contributed by atoms with Crippen LogP contribution in [0.2, 0.25) is 5.02 Å². The monoisotopic (exact) mass is 481 g/mol. The first-order chi connectivity index (χ1) is 16.3. The van der Waals surface area contributed by atoms with E-state index in [1.165, 1.54) is 14.7 Å². The Morgan fingerprint density at radius 1 is 1.12 bits per heavy atom. The number of hydrogen-bond acceptors (Lipinski definition) is 5. The van der Waals surface area contributed by atoms with Gasteiger partial charge in [0.15, 0.2) is 6.61 Å². The number of carbonyl (C=O) groups excluding carboxylic acids is 4. The average Bonchev–Trinajstić information content (AvgIpc) is 3.61. The third-order valence-electron chi connectivity index (χ3n) is 6.62. The van der Waals surface area contributed by atoms with Crippen LogP contribution in [0.3, 0.4) is 0 Å². The van der Waals surface area contributed by atoms with E-state index >= 15 is 0 Å². The molecule has 0 radical (unpaired) electrons. The number of halogens is 1. The highest BCUT2D eigenvalue weighted by Crippen LogP contribution is 2.49. The van der Waals surface area contributed by atoms with Gasteiger partial charge in [-0.2, -0.15) is 0 Å². The number of fused-ring (bicyclic) bond motifs is 3. The Hall–Kier alpha value is -3.39. The van der Waals surface area contributed by atoms with E-state index in [1.54, 1.807) is 43.4 Å². The van der Waals surface area contributed by atoms with Gasteiger partial charge in [-0.3, -0.25) is 19.3 Å². The van der Waals surface area contributed by atoms with Gasteiger partial charge in [0.25, 0.3) is 11.8 Å². The number of rotatable bonds is 6. The highest BCUT2D eigenvalue weighted by atomic mass is 35.5. The van der Waals surface area contributed by atoms with Gasteiger partial charge in [-0.15, -0.1) is 0 Å². The van der Waals surface area contributed by atoms with Crippen molar-refractivity contribution in [3.8, 4) is 0 Å². The standard InChI is InChI=1S/C25H24ClN3O5/c1-27(14-16-6-8-17(26)9-7-16)22(31)15-34-24(33)25-13-12-21(30)29(25)20-5-3-2-4-19(20)23(32)28(25)18-10-11-18/h2-9,18H,10-15H2,1H3/t25-/m1/s1. The maximum atomic E-state index is 13.6. The molecule has 3 aliphatic rings. The zero-order valence-corrected chi connectivity index (χ0v) is 19.5. The largest absolute Gasteiger partial charge is 0.452 e. The third-order valence-corrected chi connectivity index (χ3v) is 6.88. The summed E-state index contributed by atoms with van der Waals surface area (Å²) < 4.78 is 5.51. The lowest BCUT2D eigenvalue weighted by Gasteiger charge is -2.48. The van der Waals surface area contributed by atoms with Crippen LogP contribution < -0.4 is 4.90 Å². The summed E-state index contributed by atoms with van der Waals surface area (Å²) in [5.41, 5.74) is 0.132. The van der Waals surface area contributed by atoms with E-state index in [1.807, 2.05) is 12.1 Å². The van der Waals surface area contributed by atoms with Gasteiger partial charge in [-0.1, -0.05) is 35.9 Å². The second-order valence-electron chi connectivity index (χ2n) is 8.92. The molecule has 2 aromatic carbocycles. The molecular formula is C25H24ClN3O5. The number of para-hydroxylation sites is 1. The lowest BCUT2D eigenvalue weighted by molar-refractivity contribution is -0.162. The number of hydrogen-bond donors (Lipinski definition) is 0. The summed E-state index contributed by atoms with van der Waals surface area (Å²) in [6.07, 6.45) is 1.77. The Morgan fingerprint density at radius 2 is 1.82 bits per heavy atom. The van der Waals surface area contributed by atoms with Gasteiger partial charge in [0.05, 0.1) is 11.3 Å². The maximum absolute atomic E-state index is 13.6. The summed E-state index contributed by atoms with van der Waals surface area (Å²) >= 11 is 5.91. The Balaban J connectivity index is 1.37. The van der Waals surface area contributed by atoms with E-state index < -0.39 is 24.1 Å². The van der Waals surface area contributed by atoms with Gasteiger partial charge in [-0.25, -0.2) is 4.79 Å². The molecular weight excluding hydrogens is 458 g/mol. The summed E-state index contributed by atoms with van der Waals surface area (Å²) in [5.74, 6) is -1.67. The zero-order chi connectivity index (χ0) is 24.0. The highest BCUT2D eigenvalue weighted by molar-refractivity contribution is 6.30. The Bertz CT molecular complexity index is 1180. The number of esters is 1. The molecule has 0 aromatic heterocycles. The minimum Gasteiger partial charge on any atom is -0.452 e. The van der Waals surface area contributed by atoms with E-state index in [4.69, 9.17) is 16.3 Å². The van der Waals surface area contributed by atoms with E-state index in [2.05, 4.69) is 0 Å². The summed E-state index contributed by atoms with van der Waals surface area (Å²) in [4.78, 5) is 57.0. The predicted octanol–water partition coefficient (Wildman–Crippen LogP) is 2.98. The summed E-state index contributed by atoms with van der Waals surface area (Å²) in [7, 11) is 1.62. The molecule has 5 rings (SSSR count). The molecule has 2 aliphatic heterocycles. The second-order valence-corrected chi connectivity index (χ2v) is 9.36. The third kappa shape index (κ3) is 3.62. The first-order valence-corrected chi connectivity index (χ1v) is 11.6. The molecule has 0 N–H and O–H groups in total. The lowest BCUT2D eigenvalue weighted by Crippen LogP contribution is -2.69. The van der Waals surface area contributed by atoms with E-state index in [0.29, 0.717) is 22.8 Å². The van der Waals surface area contributed by atoms with Crippen LogP contribution >= 0.6 is 11.6 Å². The van der Waals surface area contributed by atoms with Crippen molar-refractivity contribution in [2.24, 2.45) is 0 Å². The number of carbonyl (C=O) groups is 4. The predicted molar refractivity (Wildman–Crippen MR) is 124 cm³/mol. The summed E-state index contributed by atoms with van der Waals surface area (Å²) in [6, 6.07) is 13.8. The molecule has 3 amide bonds. The van der Waals surface area contributed by atoms with Crippen LogP contribution in [0, 0.1) is 0 Å². The molecule has 1 aliphatic carbocycles. The number of likely N-dealkylation sites (N-methyl/N-ethyl adjacent to an activating group) is 1. The topological polar surface area (TPSA) is 87.2 Å². The molecule has 8 nitrogen and oxygen atoms in total. The van der Waals surface area contributed by atoms with Crippen LogP contribution in [-0.2, 0) is 25.7 Å². The van der Waals surface area contributed by atoms with Crippen molar-refractivity contribution in [1.29, 1.82) is 0 Å². The van der Waals surface area contributed by atoms with Crippen molar-refractivity contribution >= 4 is 41.0 Å². The molecule has 2 fully saturated rings. The van der Waals surface area contributed by atoms with Crippen molar-refractivity contribution in [3.05, 3.63) is 64.7 Å². The fourth-order valence-electron chi connectivity index (χ4n) is 4.82. The molecule has 1 atom stereocenters. The normalized spacial score (nSPS) is 21.2. The molecule has 34 heavy (non-hydrogen) atoms. The average molecular weight is 482 g/mol. The Labute approximate surface area is 202 Å². The molecule has 1 saturated carbocycles. The number of amides is 3. The first kappa shape index (κ1) is 22.4. The number of ether oxygens (including phenoxy) is 1. The van der Waals surface area contributed by atoms with Gasteiger partial charge in [0.1, 0.15) is 0 Å². The van der Waals surface area contributed by atoms with Crippen molar-refractivity contribution in [3.63, 3.8) is 0 Å². The van der Waals surface area contributed by atoms with Crippen molar-refractivity contribution in [2.45, 2.75) is 43.9 Å². The van der Waals surface area contributed by atoms with Gasteiger partial charge in [0, 0.05) is 37.5 Å². The minimum atomic E-state index is -1.56. The molecule has 2 aromatic rings. The van der Waals surface area contributed by atoms with E-state index in [9.17, 15) is 19.2 Å².